The zero-order chi connectivity index (χ0) is 14.2. The second-order valence-corrected chi connectivity index (χ2v) is 6.00. The standard InChI is InChI=1S/C17H20N2O2/c20-17(13-4-3-5-14-12(13)8-9-18-14)19-10-11-21-16-7-2-1-6-15(16)19/h3-5,8-9,15-16,18H,1-2,6-7,10-11H2. The number of fused-ring (bicyclic) bond motifs is 2. The van der Waals surface area contributed by atoms with Gasteiger partial charge in [-0.2, -0.15) is 0 Å². The van der Waals surface area contributed by atoms with Crippen LogP contribution in [0.2, 0.25) is 0 Å². The fourth-order valence-electron chi connectivity index (χ4n) is 3.78. The van der Waals surface area contributed by atoms with Crippen molar-refractivity contribution in [3.8, 4) is 0 Å². The van der Waals surface area contributed by atoms with Gasteiger partial charge in [-0.1, -0.05) is 18.9 Å². The number of H-pyrrole nitrogens is 1. The highest BCUT2D eigenvalue weighted by atomic mass is 16.5. The number of ether oxygens (including phenoxy) is 1. The summed E-state index contributed by atoms with van der Waals surface area (Å²) in [7, 11) is 0. The molecule has 21 heavy (non-hydrogen) atoms. The van der Waals surface area contributed by atoms with Gasteiger partial charge in [0.1, 0.15) is 0 Å². The third-order valence-electron chi connectivity index (χ3n) is 4.82. The van der Waals surface area contributed by atoms with Gasteiger partial charge in [0.05, 0.1) is 18.8 Å². The quantitative estimate of drug-likeness (QED) is 0.875. The van der Waals surface area contributed by atoms with Crippen molar-refractivity contribution >= 4 is 16.8 Å². The van der Waals surface area contributed by atoms with E-state index in [0.717, 1.165) is 29.3 Å². The summed E-state index contributed by atoms with van der Waals surface area (Å²) in [5.74, 6) is 0.153. The van der Waals surface area contributed by atoms with Crippen LogP contribution in [0.25, 0.3) is 10.9 Å². The van der Waals surface area contributed by atoms with Crippen LogP contribution in [0.15, 0.2) is 30.5 Å². The molecule has 4 rings (SSSR count). The minimum Gasteiger partial charge on any atom is -0.374 e. The lowest BCUT2D eigenvalue weighted by molar-refractivity contribution is -0.0752. The third-order valence-corrected chi connectivity index (χ3v) is 4.82. The van der Waals surface area contributed by atoms with Crippen molar-refractivity contribution in [3.63, 3.8) is 0 Å². The number of hydrogen-bond acceptors (Lipinski definition) is 2. The van der Waals surface area contributed by atoms with E-state index in [9.17, 15) is 4.79 Å². The van der Waals surface area contributed by atoms with E-state index in [-0.39, 0.29) is 18.1 Å². The highest BCUT2D eigenvalue weighted by Crippen LogP contribution is 2.30. The van der Waals surface area contributed by atoms with Crippen LogP contribution in [0.1, 0.15) is 36.0 Å². The largest absolute Gasteiger partial charge is 0.374 e. The molecule has 1 aliphatic heterocycles. The number of morpholine rings is 1. The van der Waals surface area contributed by atoms with E-state index in [0.29, 0.717) is 13.2 Å². The summed E-state index contributed by atoms with van der Waals surface area (Å²) < 4.78 is 5.87. The first-order valence-corrected chi connectivity index (χ1v) is 7.83. The van der Waals surface area contributed by atoms with Gasteiger partial charge in [-0.25, -0.2) is 0 Å². The predicted molar refractivity (Wildman–Crippen MR) is 81.3 cm³/mol. The van der Waals surface area contributed by atoms with E-state index in [1.807, 2.05) is 30.5 Å². The lowest BCUT2D eigenvalue weighted by Gasteiger charge is -2.43. The maximum Gasteiger partial charge on any atom is 0.254 e. The van der Waals surface area contributed by atoms with E-state index in [1.54, 1.807) is 0 Å². The fraction of sp³-hybridized carbons (Fsp3) is 0.471. The fourth-order valence-corrected chi connectivity index (χ4v) is 3.78. The number of rotatable bonds is 1. The molecule has 4 nitrogen and oxygen atoms in total. The van der Waals surface area contributed by atoms with Crippen LogP contribution in [-0.4, -0.2) is 41.1 Å². The lowest BCUT2D eigenvalue weighted by Crippen LogP contribution is -2.54. The van der Waals surface area contributed by atoms with Crippen molar-refractivity contribution in [2.24, 2.45) is 0 Å². The normalized spacial score (nSPS) is 25.8. The molecule has 1 amide bonds. The molecule has 4 heteroatoms. The summed E-state index contributed by atoms with van der Waals surface area (Å²) in [6.45, 7) is 1.37. The van der Waals surface area contributed by atoms with Crippen molar-refractivity contribution in [2.75, 3.05) is 13.2 Å². The van der Waals surface area contributed by atoms with Crippen LogP contribution in [0, 0.1) is 0 Å². The number of carbonyl (C=O) groups excluding carboxylic acids is 1. The average Bonchev–Trinajstić information content (AvgIpc) is 3.02. The molecule has 110 valence electrons. The third kappa shape index (κ3) is 2.14. The molecule has 1 saturated heterocycles. The monoisotopic (exact) mass is 284 g/mol. The van der Waals surface area contributed by atoms with Crippen LogP contribution >= 0.6 is 0 Å². The second-order valence-electron chi connectivity index (χ2n) is 6.00. The van der Waals surface area contributed by atoms with Gasteiger partial charge >= 0.3 is 0 Å². The highest BCUT2D eigenvalue weighted by molar-refractivity contribution is 6.06. The van der Waals surface area contributed by atoms with Crippen LogP contribution in [0.4, 0.5) is 0 Å². The van der Waals surface area contributed by atoms with Gasteiger partial charge < -0.3 is 14.6 Å². The number of nitrogens with zero attached hydrogens (tertiary/aromatic N) is 1. The molecule has 0 radical (unpaired) electrons. The van der Waals surface area contributed by atoms with Gasteiger partial charge in [-0.15, -0.1) is 0 Å². The van der Waals surface area contributed by atoms with Crippen LogP contribution in [-0.2, 0) is 4.74 Å². The Bertz CT molecular complexity index is 662. The SMILES string of the molecule is O=C(c1cccc2[nH]ccc12)N1CCOC2CCCCC21. The molecule has 0 bridgehead atoms. The molecule has 0 spiro atoms. The van der Waals surface area contributed by atoms with Crippen LogP contribution in [0.3, 0.4) is 0 Å². The van der Waals surface area contributed by atoms with E-state index in [2.05, 4.69) is 9.88 Å². The highest BCUT2D eigenvalue weighted by Gasteiger charge is 2.37. The Labute approximate surface area is 124 Å². The van der Waals surface area contributed by atoms with Crippen molar-refractivity contribution in [3.05, 3.63) is 36.0 Å². The van der Waals surface area contributed by atoms with Crippen LogP contribution < -0.4 is 0 Å². The summed E-state index contributed by atoms with van der Waals surface area (Å²) >= 11 is 0. The first-order chi connectivity index (χ1) is 10.3. The molecule has 2 heterocycles. The smallest absolute Gasteiger partial charge is 0.254 e. The minimum absolute atomic E-state index is 0.153. The molecule has 2 aliphatic rings. The topological polar surface area (TPSA) is 45.3 Å². The molecule has 2 unspecified atom stereocenters. The molecule has 1 aliphatic carbocycles. The van der Waals surface area contributed by atoms with Crippen molar-refractivity contribution < 1.29 is 9.53 Å². The number of aromatic nitrogens is 1. The molecule has 1 saturated carbocycles. The zero-order valence-corrected chi connectivity index (χ0v) is 12.0. The number of amides is 1. The molecule has 1 aromatic carbocycles. The number of nitrogens with one attached hydrogen (secondary N) is 1. The maximum atomic E-state index is 13.0. The molecular weight excluding hydrogens is 264 g/mol. The first-order valence-electron chi connectivity index (χ1n) is 7.83. The second kappa shape index (κ2) is 5.19. The van der Waals surface area contributed by atoms with E-state index >= 15 is 0 Å². The van der Waals surface area contributed by atoms with E-state index in [4.69, 9.17) is 4.74 Å². The van der Waals surface area contributed by atoms with Crippen molar-refractivity contribution in [1.29, 1.82) is 0 Å². The Morgan fingerprint density at radius 3 is 3.10 bits per heavy atom. The number of carbonyl (C=O) groups is 1. The number of aromatic amines is 1. The van der Waals surface area contributed by atoms with E-state index in [1.165, 1.54) is 12.8 Å². The van der Waals surface area contributed by atoms with Crippen molar-refractivity contribution in [2.45, 2.75) is 37.8 Å². The molecular formula is C17H20N2O2. The average molecular weight is 284 g/mol. The Morgan fingerprint density at radius 2 is 2.14 bits per heavy atom. The first kappa shape index (κ1) is 12.9. The molecule has 2 atom stereocenters. The zero-order valence-electron chi connectivity index (χ0n) is 12.0. The Hall–Kier alpha value is -1.81. The van der Waals surface area contributed by atoms with E-state index < -0.39 is 0 Å². The summed E-state index contributed by atoms with van der Waals surface area (Å²) in [6, 6.07) is 8.14. The number of benzene rings is 1. The Morgan fingerprint density at radius 1 is 1.24 bits per heavy atom. The summed E-state index contributed by atoms with van der Waals surface area (Å²) in [4.78, 5) is 18.3. The lowest BCUT2D eigenvalue weighted by atomic mass is 9.89. The molecule has 2 aromatic rings. The van der Waals surface area contributed by atoms with Gasteiger partial charge in [0.2, 0.25) is 0 Å². The molecule has 1 N–H and O–H groups in total. The van der Waals surface area contributed by atoms with Crippen LogP contribution in [0.5, 0.6) is 0 Å². The Balaban J connectivity index is 1.68. The number of hydrogen-bond donors (Lipinski definition) is 1. The van der Waals surface area contributed by atoms with Gasteiger partial charge in [-0.05, 0) is 31.0 Å². The Kier molecular flexibility index (Phi) is 3.19. The van der Waals surface area contributed by atoms with Crippen molar-refractivity contribution in [1.82, 2.24) is 9.88 Å². The minimum atomic E-state index is 0.153. The predicted octanol–water partition coefficient (Wildman–Crippen LogP) is 2.95. The molecule has 1 aromatic heterocycles. The summed E-state index contributed by atoms with van der Waals surface area (Å²) in [5.41, 5.74) is 1.83. The van der Waals surface area contributed by atoms with Gasteiger partial charge in [0.25, 0.3) is 5.91 Å². The maximum absolute atomic E-state index is 13.0. The summed E-state index contributed by atoms with van der Waals surface area (Å²) in [6.07, 6.45) is 6.70. The van der Waals surface area contributed by atoms with Gasteiger partial charge in [-0.3, -0.25) is 4.79 Å². The van der Waals surface area contributed by atoms with Gasteiger partial charge in [0, 0.05) is 29.2 Å². The summed E-state index contributed by atoms with van der Waals surface area (Å²) in [5, 5.41) is 1.02. The van der Waals surface area contributed by atoms with Gasteiger partial charge in [0.15, 0.2) is 0 Å². The molecule has 2 fully saturated rings.